The zero-order valence-electron chi connectivity index (χ0n) is 9.18. The first kappa shape index (κ1) is 12.8. The average Bonchev–Trinajstić information content (AvgIpc) is 2.24. The van der Waals surface area contributed by atoms with E-state index >= 15 is 0 Å². The summed E-state index contributed by atoms with van der Waals surface area (Å²) in [6.07, 6.45) is 1.80. The van der Waals surface area contributed by atoms with Crippen LogP contribution in [0.15, 0.2) is 18.2 Å². The molecular weight excluding hydrogens is 226 g/mol. The number of ether oxygens (including phenoxy) is 1. The van der Waals surface area contributed by atoms with Gasteiger partial charge in [0.15, 0.2) is 5.75 Å². The van der Waals surface area contributed by atoms with E-state index in [1.54, 1.807) is 12.1 Å². The molecule has 1 aromatic carbocycles. The maximum absolute atomic E-state index is 10.7. The summed E-state index contributed by atoms with van der Waals surface area (Å²) in [5, 5.41) is 10.7. The van der Waals surface area contributed by atoms with Crippen LogP contribution in [0.4, 0.5) is 5.69 Å². The van der Waals surface area contributed by atoms with E-state index in [4.69, 9.17) is 4.74 Å². The lowest BCUT2D eigenvalue weighted by molar-refractivity contribution is -0.385. The average molecular weight is 241 g/mol. The van der Waals surface area contributed by atoms with Crippen molar-refractivity contribution in [3.63, 3.8) is 0 Å². The van der Waals surface area contributed by atoms with Crippen molar-refractivity contribution < 1.29 is 9.66 Å². The fraction of sp³-hybridized carbons (Fsp3) is 0.455. The molecule has 0 aliphatic rings. The Balaban J connectivity index is 2.68. The van der Waals surface area contributed by atoms with Crippen LogP contribution in [0, 0.1) is 17.0 Å². The SMILES string of the molecule is Cc1ccc([N+](=O)[O-])c(OCCCCS)c1. The molecule has 0 unspecified atom stereocenters. The van der Waals surface area contributed by atoms with Gasteiger partial charge in [-0.15, -0.1) is 0 Å². The van der Waals surface area contributed by atoms with Gasteiger partial charge in [0, 0.05) is 6.07 Å². The second kappa shape index (κ2) is 6.37. The van der Waals surface area contributed by atoms with Gasteiger partial charge in [0.05, 0.1) is 11.5 Å². The highest BCUT2D eigenvalue weighted by molar-refractivity contribution is 7.80. The van der Waals surface area contributed by atoms with E-state index < -0.39 is 4.92 Å². The Morgan fingerprint density at radius 3 is 2.81 bits per heavy atom. The second-order valence-corrected chi connectivity index (χ2v) is 3.95. The molecule has 0 saturated carbocycles. The molecule has 0 bridgehead atoms. The van der Waals surface area contributed by atoms with Gasteiger partial charge in [0.2, 0.25) is 0 Å². The first-order valence-electron chi connectivity index (χ1n) is 5.14. The summed E-state index contributed by atoms with van der Waals surface area (Å²) in [5.74, 6) is 1.16. The number of thiol groups is 1. The number of rotatable bonds is 6. The van der Waals surface area contributed by atoms with Gasteiger partial charge in [-0.3, -0.25) is 10.1 Å². The summed E-state index contributed by atoms with van der Waals surface area (Å²) < 4.78 is 5.41. The predicted molar refractivity (Wildman–Crippen MR) is 66.4 cm³/mol. The Kier molecular flexibility index (Phi) is 5.11. The van der Waals surface area contributed by atoms with Crippen molar-refractivity contribution in [1.82, 2.24) is 0 Å². The van der Waals surface area contributed by atoms with Gasteiger partial charge in [0.1, 0.15) is 0 Å². The van der Waals surface area contributed by atoms with Crippen LogP contribution in [-0.4, -0.2) is 17.3 Å². The third kappa shape index (κ3) is 3.73. The van der Waals surface area contributed by atoms with E-state index in [0.717, 1.165) is 24.2 Å². The van der Waals surface area contributed by atoms with Crippen molar-refractivity contribution in [2.24, 2.45) is 0 Å². The molecule has 0 aromatic heterocycles. The van der Waals surface area contributed by atoms with Crippen LogP contribution in [0.3, 0.4) is 0 Å². The number of hydrogen-bond acceptors (Lipinski definition) is 4. The Hall–Kier alpha value is -1.23. The van der Waals surface area contributed by atoms with Crippen LogP contribution in [0.5, 0.6) is 5.75 Å². The van der Waals surface area contributed by atoms with Crippen molar-refractivity contribution >= 4 is 18.3 Å². The van der Waals surface area contributed by atoms with E-state index in [9.17, 15) is 10.1 Å². The Morgan fingerprint density at radius 2 is 2.19 bits per heavy atom. The minimum absolute atomic E-state index is 0.0245. The van der Waals surface area contributed by atoms with E-state index in [2.05, 4.69) is 12.6 Å². The highest BCUT2D eigenvalue weighted by Crippen LogP contribution is 2.27. The smallest absolute Gasteiger partial charge is 0.310 e. The largest absolute Gasteiger partial charge is 0.487 e. The van der Waals surface area contributed by atoms with Gasteiger partial charge >= 0.3 is 5.69 Å². The molecule has 0 radical (unpaired) electrons. The molecule has 5 heteroatoms. The first-order valence-corrected chi connectivity index (χ1v) is 5.77. The zero-order chi connectivity index (χ0) is 12.0. The molecule has 88 valence electrons. The molecule has 1 aromatic rings. The quantitative estimate of drug-likeness (QED) is 0.360. The van der Waals surface area contributed by atoms with Gasteiger partial charge in [-0.25, -0.2) is 0 Å². The molecule has 0 spiro atoms. The molecule has 16 heavy (non-hydrogen) atoms. The normalized spacial score (nSPS) is 10.1. The standard InChI is InChI=1S/C11H15NO3S/c1-9-4-5-10(12(13)14)11(8-9)15-6-2-3-7-16/h4-5,8,16H,2-3,6-7H2,1H3. The Bertz CT molecular complexity index is 368. The molecule has 0 heterocycles. The lowest BCUT2D eigenvalue weighted by Crippen LogP contribution is -2.01. The van der Waals surface area contributed by atoms with Crippen molar-refractivity contribution in [2.45, 2.75) is 19.8 Å². The minimum Gasteiger partial charge on any atom is -0.487 e. The maximum Gasteiger partial charge on any atom is 0.310 e. The maximum atomic E-state index is 10.7. The van der Waals surface area contributed by atoms with Crippen LogP contribution in [-0.2, 0) is 0 Å². The number of unbranched alkanes of at least 4 members (excludes halogenated alkanes) is 1. The molecule has 0 fully saturated rings. The third-order valence-corrected chi connectivity index (χ3v) is 2.44. The highest BCUT2D eigenvalue weighted by atomic mass is 32.1. The molecule has 4 nitrogen and oxygen atoms in total. The van der Waals surface area contributed by atoms with Crippen LogP contribution >= 0.6 is 12.6 Å². The molecule has 0 aliphatic carbocycles. The van der Waals surface area contributed by atoms with Gasteiger partial charge in [0.25, 0.3) is 0 Å². The van der Waals surface area contributed by atoms with Gasteiger partial charge in [-0.1, -0.05) is 6.07 Å². The zero-order valence-corrected chi connectivity index (χ0v) is 10.1. The van der Waals surface area contributed by atoms with E-state index in [0.29, 0.717) is 12.4 Å². The van der Waals surface area contributed by atoms with Crippen molar-refractivity contribution in [3.05, 3.63) is 33.9 Å². The topological polar surface area (TPSA) is 52.4 Å². The molecular formula is C11H15NO3S. The van der Waals surface area contributed by atoms with E-state index in [-0.39, 0.29) is 5.69 Å². The molecule has 0 atom stereocenters. The van der Waals surface area contributed by atoms with E-state index in [1.807, 2.05) is 6.92 Å². The summed E-state index contributed by atoms with van der Waals surface area (Å²) in [6, 6.07) is 4.88. The van der Waals surface area contributed by atoms with Crippen LogP contribution in [0.2, 0.25) is 0 Å². The number of nitro benzene ring substituents is 1. The summed E-state index contributed by atoms with van der Waals surface area (Å²) in [4.78, 5) is 10.3. The summed E-state index contributed by atoms with van der Waals surface area (Å²) in [5.41, 5.74) is 0.978. The lowest BCUT2D eigenvalue weighted by Gasteiger charge is -2.06. The predicted octanol–water partition coefficient (Wildman–Crippen LogP) is 2.99. The number of benzene rings is 1. The monoisotopic (exact) mass is 241 g/mol. The molecule has 0 saturated heterocycles. The minimum atomic E-state index is -0.423. The number of hydrogen-bond donors (Lipinski definition) is 1. The molecule has 0 aliphatic heterocycles. The first-order chi connectivity index (χ1) is 7.65. The van der Waals surface area contributed by atoms with Crippen LogP contribution in [0.25, 0.3) is 0 Å². The van der Waals surface area contributed by atoms with Crippen molar-refractivity contribution in [2.75, 3.05) is 12.4 Å². The fourth-order valence-electron chi connectivity index (χ4n) is 1.28. The van der Waals surface area contributed by atoms with Crippen LogP contribution < -0.4 is 4.74 Å². The van der Waals surface area contributed by atoms with Crippen molar-refractivity contribution in [1.29, 1.82) is 0 Å². The molecule has 1 rings (SSSR count). The van der Waals surface area contributed by atoms with Crippen molar-refractivity contribution in [3.8, 4) is 5.75 Å². The van der Waals surface area contributed by atoms with E-state index in [1.165, 1.54) is 6.07 Å². The molecule has 0 N–H and O–H groups in total. The number of nitro groups is 1. The number of aryl methyl sites for hydroxylation is 1. The summed E-state index contributed by atoms with van der Waals surface area (Å²) in [7, 11) is 0. The molecule has 0 amide bonds. The second-order valence-electron chi connectivity index (χ2n) is 3.51. The highest BCUT2D eigenvalue weighted by Gasteiger charge is 2.14. The Labute approximate surface area is 100 Å². The summed E-state index contributed by atoms with van der Waals surface area (Å²) >= 11 is 4.09. The van der Waals surface area contributed by atoms with Gasteiger partial charge < -0.3 is 4.74 Å². The number of nitrogens with zero attached hydrogens (tertiary/aromatic N) is 1. The fourth-order valence-corrected chi connectivity index (χ4v) is 1.51. The Morgan fingerprint density at radius 1 is 1.44 bits per heavy atom. The third-order valence-electron chi connectivity index (χ3n) is 2.12. The van der Waals surface area contributed by atoms with Gasteiger partial charge in [-0.05, 0) is 37.1 Å². The van der Waals surface area contributed by atoms with Gasteiger partial charge in [-0.2, -0.15) is 12.6 Å². The lowest BCUT2D eigenvalue weighted by atomic mass is 10.2. The van der Waals surface area contributed by atoms with Crippen LogP contribution in [0.1, 0.15) is 18.4 Å². The summed E-state index contributed by atoms with van der Waals surface area (Å²) in [6.45, 7) is 2.37.